The zero-order chi connectivity index (χ0) is 15.2. The Morgan fingerprint density at radius 1 is 1.33 bits per heavy atom. The molecule has 0 amide bonds. The van der Waals surface area contributed by atoms with Crippen molar-refractivity contribution in [2.45, 2.75) is 18.7 Å². The van der Waals surface area contributed by atoms with Crippen LogP contribution in [0.25, 0.3) is 0 Å². The molecule has 21 heavy (non-hydrogen) atoms. The largest absolute Gasteiger partial charge is 0.507 e. The molecule has 1 heterocycles. The van der Waals surface area contributed by atoms with Gasteiger partial charge in [-0.25, -0.2) is 0 Å². The molecule has 0 spiro atoms. The quantitative estimate of drug-likeness (QED) is 0.495. The van der Waals surface area contributed by atoms with Crippen LogP contribution in [0.2, 0.25) is 0 Å². The summed E-state index contributed by atoms with van der Waals surface area (Å²) in [5.41, 5.74) is 0.977. The normalized spacial score (nSPS) is 16.0. The number of nitro benzene ring substituents is 1. The first-order valence-corrected chi connectivity index (χ1v) is 7.50. The van der Waals surface area contributed by atoms with Gasteiger partial charge in [0.2, 0.25) is 0 Å². The average molecular weight is 315 g/mol. The van der Waals surface area contributed by atoms with Crippen molar-refractivity contribution in [3.05, 3.63) is 33.4 Å². The van der Waals surface area contributed by atoms with E-state index in [1.807, 2.05) is 0 Å². The molecule has 0 atom stereocenters. The predicted molar refractivity (Wildman–Crippen MR) is 79.9 cm³/mol. The van der Waals surface area contributed by atoms with Crippen LogP contribution >= 0.6 is 11.6 Å². The smallest absolute Gasteiger partial charge is 0.270 e. The van der Waals surface area contributed by atoms with E-state index >= 15 is 0 Å². The summed E-state index contributed by atoms with van der Waals surface area (Å²) in [5, 5.41) is 21.0. The summed E-state index contributed by atoms with van der Waals surface area (Å²) in [6.45, 7) is 4.21. The molecule has 6 nitrogen and oxygen atoms in total. The third-order valence-corrected chi connectivity index (χ3v) is 3.92. The number of benzene rings is 1. The van der Waals surface area contributed by atoms with E-state index in [2.05, 4.69) is 4.90 Å². The number of non-ortho nitro benzene ring substituents is 1. The van der Waals surface area contributed by atoms with Crippen LogP contribution in [0.4, 0.5) is 5.69 Å². The zero-order valence-electron chi connectivity index (χ0n) is 11.8. The second-order valence-corrected chi connectivity index (χ2v) is 5.33. The Labute approximate surface area is 128 Å². The third kappa shape index (κ3) is 4.30. The van der Waals surface area contributed by atoms with Crippen molar-refractivity contribution in [2.24, 2.45) is 0 Å². The second-order valence-electron chi connectivity index (χ2n) is 5.06. The van der Waals surface area contributed by atoms with Gasteiger partial charge in [0.15, 0.2) is 0 Å². The van der Waals surface area contributed by atoms with Crippen LogP contribution in [0.5, 0.6) is 5.75 Å². The lowest BCUT2D eigenvalue weighted by atomic mass is 10.0. The van der Waals surface area contributed by atoms with Crippen molar-refractivity contribution in [3.63, 3.8) is 0 Å². The number of aromatic hydroxyl groups is 1. The summed E-state index contributed by atoms with van der Waals surface area (Å²) >= 11 is 5.73. The first kappa shape index (κ1) is 16.0. The minimum absolute atomic E-state index is 0.0233. The fourth-order valence-electron chi connectivity index (χ4n) is 2.46. The summed E-state index contributed by atoms with van der Waals surface area (Å²) in [6.07, 6.45) is 1.42. The number of nitrogens with zero attached hydrogens (tertiary/aromatic N) is 2. The maximum absolute atomic E-state index is 10.9. The average Bonchev–Trinajstić information content (AvgIpc) is 2.49. The lowest BCUT2D eigenvalue weighted by molar-refractivity contribution is -0.385. The molecule has 0 saturated carbocycles. The molecule has 2 rings (SSSR count). The molecule has 116 valence electrons. The highest BCUT2D eigenvalue weighted by Gasteiger charge is 2.16. The van der Waals surface area contributed by atoms with Gasteiger partial charge < -0.3 is 9.84 Å². The maximum Gasteiger partial charge on any atom is 0.270 e. The molecule has 1 aromatic carbocycles. The number of halogens is 1. The molecule has 1 saturated heterocycles. The molecule has 1 aliphatic rings. The molecular weight excluding hydrogens is 296 g/mol. The van der Waals surface area contributed by atoms with Crippen molar-refractivity contribution in [3.8, 4) is 5.75 Å². The Bertz CT molecular complexity index is 504. The Balaban J connectivity index is 2.00. The molecular formula is C14H19ClN2O4. The molecule has 1 N–H and O–H groups in total. The fraction of sp³-hybridized carbons (Fsp3) is 0.571. The Morgan fingerprint density at radius 3 is 2.62 bits per heavy atom. The number of rotatable bonds is 6. The van der Waals surface area contributed by atoms with E-state index in [1.165, 1.54) is 12.1 Å². The van der Waals surface area contributed by atoms with Crippen molar-refractivity contribution in [2.75, 3.05) is 32.8 Å². The Morgan fingerprint density at radius 2 is 2.00 bits per heavy atom. The van der Waals surface area contributed by atoms with Gasteiger partial charge in [-0.05, 0) is 19.4 Å². The highest BCUT2D eigenvalue weighted by Crippen LogP contribution is 2.30. The van der Waals surface area contributed by atoms with Crippen LogP contribution in [0.1, 0.15) is 17.5 Å². The first-order chi connectivity index (χ1) is 10.1. The maximum atomic E-state index is 10.9. The Hall–Kier alpha value is -1.37. The predicted octanol–water partition coefficient (Wildman–Crippen LogP) is 2.30. The van der Waals surface area contributed by atoms with Crippen molar-refractivity contribution in [1.29, 1.82) is 0 Å². The number of morpholine rings is 1. The van der Waals surface area contributed by atoms with Crippen LogP contribution in [0.3, 0.4) is 0 Å². The highest BCUT2D eigenvalue weighted by molar-refractivity contribution is 6.17. The third-order valence-electron chi connectivity index (χ3n) is 3.63. The molecule has 0 aliphatic carbocycles. The van der Waals surface area contributed by atoms with Crippen LogP contribution in [0, 0.1) is 10.1 Å². The molecule has 1 fully saturated rings. The molecule has 1 aliphatic heterocycles. The summed E-state index contributed by atoms with van der Waals surface area (Å²) in [4.78, 5) is 12.7. The lowest BCUT2D eigenvalue weighted by Gasteiger charge is -2.26. The van der Waals surface area contributed by atoms with Crippen LogP contribution in [-0.4, -0.2) is 47.8 Å². The highest BCUT2D eigenvalue weighted by atomic mass is 35.5. The molecule has 7 heteroatoms. The van der Waals surface area contributed by atoms with E-state index in [1.54, 1.807) is 0 Å². The number of hydrogen-bond donors (Lipinski definition) is 1. The van der Waals surface area contributed by atoms with E-state index in [0.29, 0.717) is 17.5 Å². The Kier molecular flexibility index (Phi) is 5.78. The fourth-order valence-corrected chi connectivity index (χ4v) is 2.66. The van der Waals surface area contributed by atoms with Crippen molar-refractivity contribution < 1.29 is 14.8 Å². The van der Waals surface area contributed by atoms with Crippen LogP contribution < -0.4 is 0 Å². The number of hydrogen-bond acceptors (Lipinski definition) is 5. The van der Waals surface area contributed by atoms with Crippen molar-refractivity contribution in [1.82, 2.24) is 4.90 Å². The molecule has 0 unspecified atom stereocenters. The topological polar surface area (TPSA) is 75.8 Å². The van der Waals surface area contributed by atoms with Gasteiger partial charge >= 0.3 is 0 Å². The number of aryl methyl sites for hydroxylation is 1. The molecule has 1 aromatic rings. The number of phenolic OH excluding ortho intramolecular Hbond substituents is 1. The molecule has 0 bridgehead atoms. The minimum Gasteiger partial charge on any atom is -0.507 e. The standard InChI is InChI=1S/C14H19ClN2O4/c15-10-12-9-13(17(19)20)8-11(14(12)18)2-1-3-16-4-6-21-7-5-16/h8-9,18H,1-7,10H2. The minimum atomic E-state index is -0.457. The monoisotopic (exact) mass is 314 g/mol. The SMILES string of the molecule is O=[N+]([O-])c1cc(CCl)c(O)c(CCCN2CCOCC2)c1. The van der Waals surface area contributed by atoms with E-state index in [-0.39, 0.29) is 17.3 Å². The van der Waals surface area contributed by atoms with Crippen molar-refractivity contribution >= 4 is 17.3 Å². The molecule has 0 aromatic heterocycles. The van der Waals surface area contributed by atoms with E-state index in [4.69, 9.17) is 16.3 Å². The first-order valence-electron chi connectivity index (χ1n) is 6.97. The van der Waals surface area contributed by atoms with Gasteiger partial charge in [-0.15, -0.1) is 11.6 Å². The number of phenols is 1. The lowest BCUT2D eigenvalue weighted by Crippen LogP contribution is -2.36. The van der Waals surface area contributed by atoms with Crippen LogP contribution in [-0.2, 0) is 17.0 Å². The van der Waals surface area contributed by atoms with Crippen LogP contribution in [0.15, 0.2) is 12.1 Å². The summed E-state index contributed by atoms with van der Waals surface area (Å²) in [7, 11) is 0. The number of ether oxygens (including phenoxy) is 1. The van der Waals surface area contributed by atoms with E-state index < -0.39 is 4.92 Å². The van der Waals surface area contributed by atoms with Gasteiger partial charge in [-0.2, -0.15) is 0 Å². The van der Waals surface area contributed by atoms with Gasteiger partial charge in [0.05, 0.1) is 24.0 Å². The zero-order valence-corrected chi connectivity index (χ0v) is 12.5. The van der Waals surface area contributed by atoms with Gasteiger partial charge in [0.1, 0.15) is 5.75 Å². The van der Waals surface area contributed by atoms with E-state index in [0.717, 1.165) is 39.3 Å². The van der Waals surface area contributed by atoms with E-state index in [9.17, 15) is 15.2 Å². The number of nitro groups is 1. The second kappa shape index (κ2) is 7.59. The van der Waals surface area contributed by atoms with Gasteiger partial charge in [0, 0.05) is 36.3 Å². The van der Waals surface area contributed by atoms with Gasteiger partial charge in [0.25, 0.3) is 5.69 Å². The summed E-state index contributed by atoms with van der Waals surface area (Å²) < 4.78 is 5.28. The molecule has 0 radical (unpaired) electrons. The number of alkyl halides is 1. The summed E-state index contributed by atoms with van der Waals surface area (Å²) in [5.74, 6) is 0.141. The van der Waals surface area contributed by atoms with Gasteiger partial charge in [-0.3, -0.25) is 15.0 Å². The summed E-state index contributed by atoms with van der Waals surface area (Å²) in [6, 6.07) is 2.76. The van der Waals surface area contributed by atoms with Gasteiger partial charge in [-0.1, -0.05) is 0 Å².